The zero-order valence-corrected chi connectivity index (χ0v) is 12.3. The van der Waals surface area contributed by atoms with E-state index in [-0.39, 0.29) is 5.75 Å². The van der Waals surface area contributed by atoms with Crippen LogP contribution in [0.5, 0.6) is 5.75 Å². The average molecular weight is 346 g/mol. The summed E-state index contributed by atoms with van der Waals surface area (Å²) in [7, 11) is 1.40. The van der Waals surface area contributed by atoms with Gasteiger partial charge in [0.1, 0.15) is 0 Å². The molecule has 3 nitrogen and oxygen atoms in total. The van der Waals surface area contributed by atoms with Gasteiger partial charge in [-0.15, -0.1) is 0 Å². The molecule has 0 aliphatic rings. The molecule has 0 fully saturated rings. The third kappa shape index (κ3) is 3.11. The lowest BCUT2D eigenvalue weighted by atomic mass is 10.2. The van der Waals surface area contributed by atoms with E-state index in [4.69, 9.17) is 22.1 Å². The van der Waals surface area contributed by atoms with Crippen molar-refractivity contribution in [2.24, 2.45) is 0 Å². The lowest BCUT2D eigenvalue weighted by Crippen LogP contribution is -1.99. The average Bonchev–Trinajstić information content (AvgIpc) is 2.37. The fourth-order valence-electron chi connectivity index (χ4n) is 1.56. The van der Waals surface area contributed by atoms with Crippen LogP contribution in [-0.4, -0.2) is 7.11 Å². The molecule has 0 aliphatic carbocycles. The molecule has 2 aromatic carbocycles. The minimum atomic E-state index is -0.497. The molecule has 0 unspecified atom stereocenters. The van der Waals surface area contributed by atoms with Gasteiger partial charge in [0.2, 0.25) is 0 Å². The fraction of sp³-hybridized carbons (Fsp3) is 0.0769. The van der Waals surface area contributed by atoms with Crippen LogP contribution >= 0.6 is 27.5 Å². The van der Waals surface area contributed by atoms with E-state index in [2.05, 4.69) is 21.2 Å². The molecular weight excluding hydrogens is 335 g/mol. The Morgan fingerprint density at radius 3 is 2.68 bits per heavy atom. The number of nitrogens with one attached hydrogen (secondary N) is 1. The summed E-state index contributed by atoms with van der Waals surface area (Å²) in [4.78, 5) is 0. The van der Waals surface area contributed by atoms with Gasteiger partial charge in [-0.05, 0) is 34.1 Å². The highest BCUT2D eigenvalue weighted by Gasteiger charge is 2.09. The van der Waals surface area contributed by atoms with E-state index in [9.17, 15) is 4.39 Å². The Morgan fingerprint density at radius 2 is 2.05 bits per heavy atom. The summed E-state index contributed by atoms with van der Waals surface area (Å²) >= 11 is 9.24. The Morgan fingerprint density at radius 1 is 1.32 bits per heavy atom. The van der Waals surface area contributed by atoms with Crippen molar-refractivity contribution in [1.82, 2.24) is 0 Å². The minimum absolute atomic E-state index is 0.129. The van der Waals surface area contributed by atoms with Crippen molar-refractivity contribution < 1.29 is 9.13 Å². The normalized spacial score (nSPS) is 10.3. The summed E-state index contributed by atoms with van der Waals surface area (Å²) in [5.74, 6) is -0.368. The van der Waals surface area contributed by atoms with Crippen molar-refractivity contribution in [1.29, 1.82) is 0 Å². The Labute approximate surface area is 123 Å². The standard InChI is InChI=1S/C13H11BrClFN2O/c1-19-13-6-12(11(17)5-10(13)16)18-7-2-3-9(15)8(14)4-7/h2-6,18H,17H2,1H3. The number of halogens is 3. The Hall–Kier alpha value is -1.46. The molecule has 6 heteroatoms. The highest BCUT2D eigenvalue weighted by atomic mass is 79.9. The van der Waals surface area contributed by atoms with Gasteiger partial charge in [-0.2, -0.15) is 0 Å². The second-order valence-corrected chi connectivity index (χ2v) is 5.09. The van der Waals surface area contributed by atoms with Gasteiger partial charge in [-0.1, -0.05) is 11.6 Å². The van der Waals surface area contributed by atoms with Crippen molar-refractivity contribution >= 4 is 44.6 Å². The zero-order chi connectivity index (χ0) is 14.0. The van der Waals surface area contributed by atoms with Crippen molar-refractivity contribution in [2.45, 2.75) is 0 Å². The minimum Gasteiger partial charge on any atom is -0.494 e. The molecule has 0 radical (unpaired) electrons. The highest BCUT2D eigenvalue weighted by Crippen LogP contribution is 2.32. The molecule has 0 aliphatic heterocycles. The predicted octanol–water partition coefficient (Wildman–Crippen LogP) is 4.58. The SMILES string of the molecule is COc1cc(Nc2ccc(Cl)c(Br)c2)c(N)cc1F. The second kappa shape index (κ2) is 5.67. The number of nitrogen functional groups attached to an aromatic ring is 1. The summed E-state index contributed by atoms with van der Waals surface area (Å²) in [6.07, 6.45) is 0. The monoisotopic (exact) mass is 344 g/mol. The molecule has 0 saturated carbocycles. The smallest absolute Gasteiger partial charge is 0.167 e. The lowest BCUT2D eigenvalue weighted by Gasteiger charge is -2.12. The third-order valence-corrected chi connectivity index (χ3v) is 3.74. The van der Waals surface area contributed by atoms with E-state index in [1.165, 1.54) is 19.2 Å². The van der Waals surface area contributed by atoms with E-state index in [1.54, 1.807) is 18.2 Å². The van der Waals surface area contributed by atoms with E-state index in [1.807, 2.05) is 0 Å². The van der Waals surface area contributed by atoms with Gasteiger partial charge < -0.3 is 15.8 Å². The molecule has 100 valence electrons. The molecule has 19 heavy (non-hydrogen) atoms. The third-order valence-electron chi connectivity index (χ3n) is 2.52. The number of ether oxygens (including phenoxy) is 1. The molecular formula is C13H11BrClFN2O. The van der Waals surface area contributed by atoms with Crippen LogP contribution in [0.1, 0.15) is 0 Å². The molecule has 0 aromatic heterocycles. The number of benzene rings is 2. The van der Waals surface area contributed by atoms with Crippen LogP contribution in [-0.2, 0) is 0 Å². The lowest BCUT2D eigenvalue weighted by molar-refractivity contribution is 0.387. The van der Waals surface area contributed by atoms with Crippen LogP contribution < -0.4 is 15.8 Å². The number of hydrogen-bond donors (Lipinski definition) is 2. The molecule has 0 atom stereocenters. The number of rotatable bonds is 3. The molecule has 0 spiro atoms. The van der Waals surface area contributed by atoms with Gasteiger partial charge in [0.15, 0.2) is 11.6 Å². The van der Waals surface area contributed by atoms with Crippen molar-refractivity contribution in [3.63, 3.8) is 0 Å². The Bertz CT molecular complexity index is 622. The van der Waals surface area contributed by atoms with Gasteiger partial charge in [0, 0.05) is 22.3 Å². The summed E-state index contributed by atoms with van der Waals surface area (Å²) in [5, 5.41) is 3.69. The summed E-state index contributed by atoms with van der Waals surface area (Å²) in [6.45, 7) is 0. The van der Waals surface area contributed by atoms with E-state index >= 15 is 0 Å². The number of hydrogen-bond acceptors (Lipinski definition) is 3. The molecule has 3 N–H and O–H groups in total. The van der Waals surface area contributed by atoms with Crippen molar-refractivity contribution in [3.05, 3.63) is 45.6 Å². The maximum atomic E-state index is 13.4. The molecule has 0 heterocycles. The zero-order valence-electron chi connectivity index (χ0n) is 10.0. The van der Waals surface area contributed by atoms with Crippen LogP contribution in [0.2, 0.25) is 5.02 Å². The first-order chi connectivity index (χ1) is 9.01. The first-order valence-corrected chi connectivity index (χ1v) is 6.53. The van der Waals surface area contributed by atoms with Gasteiger partial charge in [0.25, 0.3) is 0 Å². The fourth-order valence-corrected chi connectivity index (χ4v) is 2.06. The van der Waals surface area contributed by atoms with Crippen LogP contribution in [0.3, 0.4) is 0 Å². The van der Waals surface area contributed by atoms with E-state index in [0.29, 0.717) is 16.4 Å². The first-order valence-electron chi connectivity index (χ1n) is 5.36. The van der Waals surface area contributed by atoms with Gasteiger partial charge in [0.05, 0.1) is 23.5 Å². The summed E-state index contributed by atoms with van der Waals surface area (Å²) < 4.78 is 19.1. The van der Waals surface area contributed by atoms with Crippen LogP contribution in [0.15, 0.2) is 34.8 Å². The van der Waals surface area contributed by atoms with Crippen LogP contribution in [0.25, 0.3) is 0 Å². The summed E-state index contributed by atoms with van der Waals surface area (Å²) in [5.41, 5.74) is 7.40. The molecule has 2 rings (SSSR count). The molecule has 2 aromatic rings. The van der Waals surface area contributed by atoms with Crippen molar-refractivity contribution in [3.8, 4) is 5.75 Å². The topological polar surface area (TPSA) is 47.3 Å². The maximum absolute atomic E-state index is 13.4. The van der Waals surface area contributed by atoms with Crippen LogP contribution in [0, 0.1) is 5.82 Å². The number of methoxy groups -OCH3 is 1. The van der Waals surface area contributed by atoms with Gasteiger partial charge >= 0.3 is 0 Å². The quantitative estimate of drug-likeness (QED) is 0.801. The van der Waals surface area contributed by atoms with Crippen molar-refractivity contribution in [2.75, 3.05) is 18.2 Å². The highest BCUT2D eigenvalue weighted by molar-refractivity contribution is 9.10. The number of anilines is 3. The molecule has 0 bridgehead atoms. The summed E-state index contributed by atoms with van der Waals surface area (Å²) in [6, 6.07) is 8.06. The van der Waals surface area contributed by atoms with Gasteiger partial charge in [-0.25, -0.2) is 4.39 Å². The first kappa shape index (κ1) is 14.0. The van der Waals surface area contributed by atoms with E-state index < -0.39 is 5.82 Å². The Kier molecular flexibility index (Phi) is 4.17. The Balaban J connectivity index is 2.34. The second-order valence-electron chi connectivity index (χ2n) is 3.83. The predicted molar refractivity (Wildman–Crippen MR) is 79.8 cm³/mol. The molecule has 0 amide bonds. The number of nitrogens with two attached hydrogens (primary N) is 1. The van der Waals surface area contributed by atoms with E-state index in [0.717, 1.165) is 10.2 Å². The van der Waals surface area contributed by atoms with Gasteiger partial charge in [-0.3, -0.25) is 0 Å². The largest absolute Gasteiger partial charge is 0.494 e. The molecule has 0 saturated heterocycles. The van der Waals surface area contributed by atoms with Crippen LogP contribution in [0.4, 0.5) is 21.5 Å². The maximum Gasteiger partial charge on any atom is 0.167 e.